The molecule has 0 radical (unpaired) electrons. The maximum absolute atomic E-state index is 5.71. The van der Waals surface area contributed by atoms with Gasteiger partial charge < -0.3 is 10.1 Å². The zero-order chi connectivity index (χ0) is 14.4. The second-order valence-electron chi connectivity index (χ2n) is 4.36. The monoisotopic (exact) mass is 271 g/mol. The Hall–Kier alpha value is -2.10. The minimum absolute atomic E-state index is 0.642. The van der Waals surface area contributed by atoms with Crippen molar-refractivity contribution in [2.45, 2.75) is 27.2 Å². The topological polar surface area (TPSA) is 47.0 Å². The predicted molar refractivity (Wildman–Crippen MR) is 82.2 cm³/mol. The van der Waals surface area contributed by atoms with Gasteiger partial charge in [-0.2, -0.15) is 0 Å². The van der Waals surface area contributed by atoms with Crippen LogP contribution in [0.4, 0.5) is 5.82 Å². The highest BCUT2D eigenvalue weighted by Gasteiger charge is 2.14. The summed E-state index contributed by atoms with van der Waals surface area (Å²) in [5, 5.41) is 3.30. The number of anilines is 1. The van der Waals surface area contributed by atoms with Crippen molar-refractivity contribution < 1.29 is 4.74 Å². The Labute approximate surface area is 120 Å². The molecule has 1 N–H and O–H groups in total. The van der Waals surface area contributed by atoms with Crippen LogP contribution >= 0.6 is 0 Å². The van der Waals surface area contributed by atoms with E-state index in [1.54, 1.807) is 6.33 Å². The lowest BCUT2D eigenvalue weighted by atomic mass is 10.0. The highest BCUT2D eigenvalue weighted by atomic mass is 16.5. The molecular formula is C16H21N3O. The van der Waals surface area contributed by atoms with E-state index < -0.39 is 0 Å². The first kappa shape index (κ1) is 14.3. The van der Waals surface area contributed by atoms with Gasteiger partial charge in [0, 0.05) is 17.7 Å². The number of hydrogen-bond donors (Lipinski definition) is 1. The van der Waals surface area contributed by atoms with Gasteiger partial charge in [0.2, 0.25) is 0 Å². The maximum Gasteiger partial charge on any atom is 0.133 e. The molecule has 0 amide bonds. The molecule has 0 aliphatic carbocycles. The lowest BCUT2D eigenvalue weighted by molar-refractivity contribution is 0.341. The Morgan fingerprint density at radius 1 is 1.10 bits per heavy atom. The van der Waals surface area contributed by atoms with Crippen molar-refractivity contribution in [3.63, 3.8) is 0 Å². The third-order valence-electron chi connectivity index (χ3n) is 3.09. The summed E-state index contributed by atoms with van der Waals surface area (Å²) in [5.74, 6) is 1.78. The van der Waals surface area contributed by atoms with Gasteiger partial charge >= 0.3 is 0 Å². The molecule has 1 heterocycles. The number of rotatable bonds is 6. The van der Waals surface area contributed by atoms with Crippen LogP contribution in [0, 0.1) is 0 Å². The Kier molecular flexibility index (Phi) is 4.93. The van der Waals surface area contributed by atoms with Crippen LogP contribution in [-0.4, -0.2) is 23.1 Å². The predicted octanol–water partition coefficient (Wildman–Crippen LogP) is 3.54. The summed E-state index contributed by atoms with van der Waals surface area (Å²) in [6.45, 7) is 7.66. The molecule has 2 rings (SSSR count). The van der Waals surface area contributed by atoms with Crippen molar-refractivity contribution in [3.8, 4) is 17.0 Å². The van der Waals surface area contributed by atoms with E-state index in [2.05, 4.69) is 29.1 Å². The molecule has 1 aromatic heterocycles. The van der Waals surface area contributed by atoms with E-state index in [1.807, 2.05) is 31.2 Å². The molecule has 0 fully saturated rings. The quantitative estimate of drug-likeness (QED) is 0.873. The molecule has 106 valence electrons. The van der Waals surface area contributed by atoms with Gasteiger partial charge in [0.15, 0.2) is 0 Å². The number of ether oxygens (including phenoxy) is 1. The summed E-state index contributed by atoms with van der Waals surface area (Å²) in [6.07, 6.45) is 2.48. The third kappa shape index (κ3) is 2.90. The van der Waals surface area contributed by atoms with Gasteiger partial charge in [0.1, 0.15) is 17.9 Å². The molecule has 20 heavy (non-hydrogen) atoms. The molecule has 2 aromatic rings. The van der Waals surface area contributed by atoms with E-state index in [4.69, 9.17) is 4.74 Å². The third-order valence-corrected chi connectivity index (χ3v) is 3.09. The Bertz CT molecular complexity index is 569. The standard InChI is InChI=1S/C16H21N3O/c1-4-12-15(18-11-19-16(12)17-5-2)13-9-7-8-10-14(13)20-6-3/h7-11H,4-6H2,1-3H3,(H,17,18,19). The van der Waals surface area contributed by atoms with Crippen molar-refractivity contribution in [1.82, 2.24) is 9.97 Å². The summed E-state index contributed by atoms with van der Waals surface area (Å²) < 4.78 is 5.71. The van der Waals surface area contributed by atoms with Gasteiger partial charge in [-0.15, -0.1) is 0 Å². The molecule has 4 nitrogen and oxygen atoms in total. The lowest BCUT2D eigenvalue weighted by Crippen LogP contribution is -2.06. The molecule has 0 saturated heterocycles. The smallest absolute Gasteiger partial charge is 0.133 e. The van der Waals surface area contributed by atoms with Gasteiger partial charge in [0.05, 0.1) is 12.3 Å². The number of nitrogens with one attached hydrogen (secondary N) is 1. The van der Waals surface area contributed by atoms with E-state index in [9.17, 15) is 0 Å². The van der Waals surface area contributed by atoms with E-state index in [1.165, 1.54) is 0 Å². The summed E-state index contributed by atoms with van der Waals surface area (Å²) in [6, 6.07) is 8.01. The summed E-state index contributed by atoms with van der Waals surface area (Å²) in [5.41, 5.74) is 3.09. The Balaban J connectivity index is 2.54. The summed E-state index contributed by atoms with van der Waals surface area (Å²) in [7, 11) is 0. The van der Waals surface area contributed by atoms with Gasteiger partial charge in [-0.1, -0.05) is 19.1 Å². The van der Waals surface area contributed by atoms with Crippen LogP contribution in [0.25, 0.3) is 11.3 Å². The molecule has 0 spiro atoms. The van der Waals surface area contributed by atoms with Gasteiger partial charge in [0.25, 0.3) is 0 Å². The van der Waals surface area contributed by atoms with E-state index in [0.29, 0.717) is 6.61 Å². The number of aromatic nitrogens is 2. The van der Waals surface area contributed by atoms with Gasteiger partial charge in [-0.05, 0) is 32.4 Å². The van der Waals surface area contributed by atoms with Crippen LogP contribution in [0.3, 0.4) is 0 Å². The van der Waals surface area contributed by atoms with Crippen molar-refractivity contribution in [2.24, 2.45) is 0 Å². The largest absolute Gasteiger partial charge is 0.493 e. The molecule has 0 aliphatic heterocycles. The molecule has 0 unspecified atom stereocenters. The first-order valence-electron chi connectivity index (χ1n) is 7.11. The van der Waals surface area contributed by atoms with Crippen LogP contribution < -0.4 is 10.1 Å². The number of benzene rings is 1. The Morgan fingerprint density at radius 3 is 2.60 bits per heavy atom. The minimum atomic E-state index is 0.642. The van der Waals surface area contributed by atoms with Crippen molar-refractivity contribution >= 4 is 5.82 Å². The average molecular weight is 271 g/mol. The fourth-order valence-corrected chi connectivity index (χ4v) is 2.24. The lowest BCUT2D eigenvalue weighted by Gasteiger charge is -2.15. The van der Waals surface area contributed by atoms with Crippen LogP contribution in [0.1, 0.15) is 26.3 Å². The highest BCUT2D eigenvalue weighted by molar-refractivity contribution is 5.73. The fourth-order valence-electron chi connectivity index (χ4n) is 2.24. The Morgan fingerprint density at radius 2 is 1.90 bits per heavy atom. The van der Waals surface area contributed by atoms with Crippen LogP contribution in [0.15, 0.2) is 30.6 Å². The SMILES string of the molecule is CCNc1ncnc(-c2ccccc2OCC)c1CC. The van der Waals surface area contributed by atoms with Gasteiger partial charge in [-0.25, -0.2) is 9.97 Å². The average Bonchev–Trinajstić information content (AvgIpc) is 2.48. The molecule has 1 aromatic carbocycles. The zero-order valence-electron chi connectivity index (χ0n) is 12.3. The van der Waals surface area contributed by atoms with E-state index in [-0.39, 0.29) is 0 Å². The molecule has 0 saturated carbocycles. The number of hydrogen-bond acceptors (Lipinski definition) is 4. The van der Waals surface area contributed by atoms with E-state index in [0.717, 1.165) is 41.4 Å². The second-order valence-corrected chi connectivity index (χ2v) is 4.36. The number of para-hydroxylation sites is 1. The van der Waals surface area contributed by atoms with Crippen molar-refractivity contribution in [1.29, 1.82) is 0 Å². The molecule has 0 aliphatic rings. The molecule has 0 bridgehead atoms. The minimum Gasteiger partial charge on any atom is -0.493 e. The maximum atomic E-state index is 5.71. The summed E-state index contributed by atoms with van der Waals surface area (Å²) >= 11 is 0. The van der Waals surface area contributed by atoms with E-state index >= 15 is 0 Å². The number of nitrogens with zero attached hydrogens (tertiary/aromatic N) is 2. The van der Waals surface area contributed by atoms with Gasteiger partial charge in [-0.3, -0.25) is 0 Å². The zero-order valence-corrected chi connectivity index (χ0v) is 12.3. The fraction of sp³-hybridized carbons (Fsp3) is 0.375. The second kappa shape index (κ2) is 6.89. The molecular weight excluding hydrogens is 250 g/mol. The van der Waals surface area contributed by atoms with Crippen molar-refractivity contribution in [3.05, 3.63) is 36.2 Å². The molecule has 0 atom stereocenters. The van der Waals surface area contributed by atoms with Crippen LogP contribution in [-0.2, 0) is 6.42 Å². The molecule has 4 heteroatoms. The summed E-state index contributed by atoms with van der Waals surface area (Å²) in [4.78, 5) is 8.81. The van der Waals surface area contributed by atoms with Crippen LogP contribution in [0.5, 0.6) is 5.75 Å². The highest BCUT2D eigenvalue weighted by Crippen LogP contribution is 2.33. The normalized spacial score (nSPS) is 10.3. The van der Waals surface area contributed by atoms with Crippen LogP contribution in [0.2, 0.25) is 0 Å². The van der Waals surface area contributed by atoms with Crippen molar-refractivity contribution in [2.75, 3.05) is 18.5 Å². The first-order valence-corrected chi connectivity index (χ1v) is 7.11. The first-order chi connectivity index (χ1) is 9.81.